The van der Waals surface area contributed by atoms with Crippen LogP contribution in [0.2, 0.25) is 0 Å². The maximum atomic E-state index is 5.90. The van der Waals surface area contributed by atoms with Gasteiger partial charge in [-0.25, -0.2) is 9.97 Å². The van der Waals surface area contributed by atoms with Crippen molar-refractivity contribution in [3.05, 3.63) is 18.5 Å². The first-order valence-electron chi connectivity index (χ1n) is 6.45. The second-order valence-corrected chi connectivity index (χ2v) is 5.80. The predicted molar refractivity (Wildman–Crippen MR) is 69.6 cm³/mol. The van der Waals surface area contributed by atoms with Crippen LogP contribution in [0.4, 0.5) is 5.95 Å². The molecule has 2 aliphatic heterocycles. The quantitative estimate of drug-likeness (QED) is 0.785. The van der Waals surface area contributed by atoms with Gasteiger partial charge >= 0.3 is 0 Å². The summed E-state index contributed by atoms with van der Waals surface area (Å²) in [6.45, 7) is 3.96. The first kappa shape index (κ1) is 11.9. The van der Waals surface area contributed by atoms with Crippen LogP contribution in [-0.4, -0.2) is 61.3 Å². The number of anilines is 1. The predicted octanol–water partition coefficient (Wildman–Crippen LogP) is 0.633. The molecule has 2 fully saturated rings. The Kier molecular flexibility index (Phi) is 2.95. The zero-order valence-corrected chi connectivity index (χ0v) is 11.0. The summed E-state index contributed by atoms with van der Waals surface area (Å²) in [6.07, 6.45) is 5.15. The van der Waals surface area contributed by atoms with Gasteiger partial charge in [0.25, 0.3) is 0 Å². The number of ether oxygens (including phenoxy) is 1. The summed E-state index contributed by atoms with van der Waals surface area (Å²) in [5.41, 5.74) is 0.347. The molecule has 0 bridgehead atoms. The van der Waals surface area contributed by atoms with E-state index in [1.165, 1.54) is 0 Å². The zero-order valence-electron chi connectivity index (χ0n) is 11.0. The lowest BCUT2D eigenvalue weighted by molar-refractivity contribution is 0.0720. The molecule has 1 spiro atoms. The van der Waals surface area contributed by atoms with Crippen molar-refractivity contribution in [3.8, 4) is 0 Å². The van der Waals surface area contributed by atoms with Gasteiger partial charge in [-0.15, -0.1) is 0 Å². The summed E-state index contributed by atoms with van der Waals surface area (Å²) in [5, 5.41) is 0. The Hall–Kier alpha value is -1.20. The van der Waals surface area contributed by atoms with E-state index in [9.17, 15) is 0 Å². The fourth-order valence-electron chi connectivity index (χ4n) is 3.00. The second-order valence-electron chi connectivity index (χ2n) is 5.80. The summed E-state index contributed by atoms with van der Waals surface area (Å²) in [5.74, 6) is 0.846. The van der Waals surface area contributed by atoms with Gasteiger partial charge in [0.1, 0.15) is 0 Å². The van der Waals surface area contributed by atoms with E-state index in [2.05, 4.69) is 33.9 Å². The molecule has 0 amide bonds. The van der Waals surface area contributed by atoms with Gasteiger partial charge < -0.3 is 14.5 Å². The molecule has 2 aliphatic rings. The van der Waals surface area contributed by atoms with Gasteiger partial charge in [0, 0.05) is 37.4 Å². The van der Waals surface area contributed by atoms with Gasteiger partial charge in [-0.3, -0.25) is 0 Å². The van der Waals surface area contributed by atoms with Crippen molar-refractivity contribution in [2.24, 2.45) is 5.41 Å². The first-order valence-corrected chi connectivity index (χ1v) is 6.45. The van der Waals surface area contributed by atoms with E-state index in [0.717, 1.165) is 38.6 Å². The van der Waals surface area contributed by atoms with Crippen molar-refractivity contribution in [2.45, 2.75) is 12.5 Å². The van der Waals surface area contributed by atoms with E-state index < -0.39 is 0 Å². The van der Waals surface area contributed by atoms with E-state index >= 15 is 0 Å². The van der Waals surface area contributed by atoms with Crippen LogP contribution in [0.15, 0.2) is 18.5 Å². The average Bonchev–Trinajstić information content (AvgIpc) is 2.71. The second kappa shape index (κ2) is 4.48. The fourth-order valence-corrected chi connectivity index (χ4v) is 3.00. The highest BCUT2D eigenvalue weighted by Gasteiger charge is 2.49. The van der Waals surface area contributed by atoms with Crippen LogP contribution < -0.4 is 4.90 Å². The molecular weight excluding hydrogens is 228 g/mol. The van der Waals surface area contributed by atoms with Crippen LogP contribution >= 0.6 is 0 Å². The lowest BCUT2D eigenvalue weighted by Gasteiger charge is -2.47. The maximum Gasteiger partial charge on any atom is 0.225 e. The first-order chi connectivity index (χ1) is 8.67. The number of hydrogen-bond donors (Lipinski definition) is 0. The number of aromatic nitrogens is 2. The highest BCUT2D eigenvalue weighted by atomic mass is 16.5. The molecule has 0 N–H and O–H groups in total. The third kappa shape index (κ3) is 2.20. The monoisotopic (exact) mass is 248 g/mol. The zero-order chi connectivity index (χ0) is 12.6. The van der Waals surface area contributed by atoms with Crippen LogP contribution in [0.25, 0.3) is 0 Å². The van der Waals surface area contributed by atoms with Crippen molar-refractivity contribution in [3.63, 3.8) is 0 Å². The molecule has 0 aromatic carbocycles. The third-order valence-electron chi connectivity index (χ3n) is 3.74. The highest BCUT2D eigenvalue weighted by molar-refractivity contribution is 5.36. The number of rotatable bonds is 3. The van der Waals surface area contributed by atoms with Crippen molar-refractivity contribution >= 4 is 5.95 Å². The van der Waals surface area contributed by atoms with Crippen LogP contribution in [0.1, 0.15) is 6.42 Å². The van der Waals surface area contributed by atoms with Crippen molar-refractivity contribution in [2.75, 3.05) is 45.2 Å². The summed E-state index contributed by atoms with van der Waals surface area (Å²) in [6, 6.07) is 1.85. The molecule has 98 valence electrons. The number of likely N-dealkylation sites (N-methyl/N-ethyl adjacent to an activating group) is 1. The fraction of sp³-hybridized carbons (Fsp3) is 0.692. The van der Waals surface area contributed by atoms with E-state index in [0.29, 0.717) is 11.5 Å². The molecule has 5 nitrogen and oxygen atoms in total. The molecule has 0 radical (unpaired) electrons. The van der Waals surface area contributed by atoms with Crippen LogP contribution in [0, 0.1) is 5.41 Å². The van der Waals surface area contributed by atoms with Crippen molar-refractivity contribution in [1.29, 1.82) is 0 Å². The molecule has 18 heavy (non-hydrogen) atoms. The van der Waals surface area contributed by atoms with Gasteiger partial charge in [0.05, 0.1) is 12.7 Å². The minimum absolute atomic E-state index is 0.347. The normalized spacial score (nSPS) is 25.7. The molecule has 3 rings (SSSR count). The number of hydrogen-bond acceptors (Lipinski definition) is 5. The Bertz CT molecular complexity index is 403. The summed E-state index contributed by atoms with van der Waals surface area (Å²) < 4.78 is 5.90. The summed E-state index contributed by atoms with van der Waals surface area (Å²) in [7, 11) is 4.19. The van der Waals surface area contributed by atoms with Crippen LogP contribution in [-0.2, 0) is 4.74 Å². The van der Waals surface area contributed by atoms with Crippen LogP contribution in [0.5, 0.6) is 0 Å². The van der Waals surface area contributed by atoms with Gasteiger partial charge in [0.2, 0.25) is 5.95 Å². The van der Waals surface area contributed by atoms with E-state index in [1.54, 1.807) is 12.4 Å². The molecule has 1 unspecified atom stereocenters. The summed E-state index contributed by atoms with van der Waals surface area (Å²) >= 11 is 0. The smallest absolute Gasteiger partial charge is 0.225 e. The standard InChI is InChI=1S/C13H20N4O/c1-16(2)7-11-6-13(10-18-11)8-17(9-13)12-14-4-3-5-15-12/h3-5,11H,6-10H2,1-2H3. The molecule has 1 aromatic rings. The van der Waals surface area contributed by atoms with Crippen LogP contribution in [0.3, 0.4) is 0 Å². The lowest BCUT2D eigenvalue weighted by atomic mass is 9.78. The van der Waals surface area contributed by atoms with Gasteiger partial charge in [-0.05, 0) is 26.6 Å². The van der Waals surface area contributed by atoms with Crippen molar-refractivity contribution < 1.29 is 4.74 Å². The largest absolute Gasteiger partial charge is 0.376 e. The minimum Gasteiger partial charge on any atom is -0.376 e. The van der Waals surface area contributed by atoms with E-state index in [4.69, 9.17) is 4.74 Å². The van der Waals surface area contributed by atoms with E-state index in [1.807, 2.05) is 6.07 Å². The maximum absolute atomic E-state index is 5.90. The third-order valence-corrected chi connectivity index (χ3v) is 3.74. The summed E-state index contributed by atoms with van der Waals surface area (Å²) in [4.78, 5) is 13.0. The Balaban J connectivity index is 1.56. The Morgan fingerprint density at radius 2 is 2.11 bits per heavy atom. The molecule has 0 aliphatic carbocycles. The molecule has 2 saturated heterocycles. The molecule has 1 aromatic heterocycles. The average molecular weight is 248 g/mol. The lowest BCUT2D eigenvalue weighted by Crippen LogP contribution is -2.57. The Morgan fingerprint density at radius 1 is 1.39 bits per heavy atom. The van der Waals surface area contributed by atoms with Gasteiger partial charge in [-0.2, -0.15) is 0 Å². The number of nitrogens with zero attached hydrogens (tertiary/aromatic N) is 4. The topological polar surface area (TPSA) is 41.5 Å². The Morgan fingerprint density at radius 3 is 2.78 bits per heavy atom. The van der Waals surface area contributed by atoms with E-state index in [-0.39, 0.29) is 0 Å². The molecule has 1 atom stereocenters. The van der Waals surface area contributed by atoms with Gasteiger partial charge in [0.15, 0.2) is 0 Å². The molecule has 3 heterocycles. The Labute approximate surface area is 108 Å². The van der Waals surface area contributed by atoms with Gasteiger partial charge in [-0.1, -0.05) is 0 Å². The highest BCUT2D eigenvalue weighted by Crippen LogP contribution is 2.42. The SMILES string of the molecule is CN(C)CC1CC2(CO1)CN(c1ncccn1)C2. The molecule has 5 heteroatoms. The molecular formula is C13H20N4O. The molecule has 0 saturated carbocycles. The minimum atomic E-state index is 0.347. The van der Waals surface area contributed by atoms with Crippen molar-refractivity contribution in [1.82, 2.24) is 14.9 Å².